The topological polar surface area (TPSA) is 32.3 Å². The average molecular weight is 196 g/mol. The molecule has 2 rings (SSSR count). The van der Waals surface area contributed by atoms with Gasteiger partial charge in [0.1, 0.15) is 0 Å². The van der Waals surface area contributed by atoms with E-state index in [1.54, 1.807) is 0 Å². The second-order valence-electron chi connectivity index (χ2n) is 4.72. The van der Waals surface area contributed by atoms with E-state index in [0.717, 1.165) is 18.8 Å². The molecule has 14 heavy (non-hydrogen) atoms. The molecule has 0 aromatic carbocycles. The minimum atomic E-state index is 0.306. The summed E-state index contributed by atoms with van der Waals surface area (Å²) < 4.78 is 0. The maximum absolute atomic E-state index is 11.7. The van der Waals surface area contributed by atoms with Crippen molar-refractivity contribution in [2.75, 3.05) is 6.54 Å². The van der Waals surface area contributed by atoms with Crippen LogP contribution in [0.1, 0.15) is 39.5 Å². The lowest BCUT2D eigenvalue weighted by Crippen LogP contribution is -2.50. The lowest BCUT2D eigenvalue weighted by Gasteiger charge is -2.42. The van der Waals surface area contributed by atoms with E-state index >= 15 is 0 Å². The Morgan fingerprint density at radius 1 is 1.50 bits per heavy atom. The fourth-order valence-electron chi connectivity index (χ4n) is 2.63. The van der Waals surface area contributed by atoms with Gasteiger partial charge in [-0.15, -0.1) is 0 Å². The maximum Gasteiger partial charge on any atom is 0.238 e. The van der Waals surface area contributed by atoms with E-state index in [9.17, 15) is 4.79 Å². The first kappa shape index (κ1) is 9.97. The minimum absolute atomic E-state index is 0.306. The molecule has 1 aliphatic carbocycles. The lowest BCUT2D eigenvalue weighted by molar-refractivity contribution is -0.133. The van der Waals surface area contributed by atoms with Crippen LogP contribution in [0.15, 0.2) is 0 Å². The van der Waals surface area contributed by atoms with Crippen LogP contribution in [-0.2, 0) is 4.79 Å². The van der Waals surface area contributed by atoms with Crippen molar-refractivity contribution in [1.82, 2.24) is 10.2 Å². The molecule has 0 spiro atoms. The van der Waals surface area contributed by atoms with Gasteiger partial charge in [-0.2, -0.15) is 0 Å². The van der Waals surface area contributed by atoms with Gasteiger partial charge >= 0.3 is 0 Å². The van der Waals surface area contributed by atoms with Crippen LogP contribution in [0.4, 0.5) is 0 Å². The number of rotatable bonds is 3. The Morgan fingerprint density at radius 2 is 2.21 bits per heavy atom. The molecule has 3 nitrogen and oxygen atoms in total. The van der Waals surface area contributed by atoms with Crippen molar-refractivity contribution < 1.29 is 4.79 Å². The van der Waals surface area contributed by atoms with Crippen molar-refractivity contribution in [3.8, 4) is 0 Å². The molecule has 1 N–H and O–H groups in total. The number of carbonyl (C=O) groups excluding carboxylic acids is 1. The van der Waals surface area contributed by atoms with Crippen molar-refractivity contribution in [3.63, 3.8) is 0 Å². The van der Waals surface area contributed by atoms with Crippen LogP contribution >= 0.6 is 0 Å². The van der Waals surface area contributed by atoms with Gasteiger partial charge in [0.15, 0.2) is 0 Å². The highest BCUT2D eigenvalue weighted by Crippen LogP contribution is 2.33. The molecule has 2 fully saturated rings. The molecule has 1 atom stereocenters. The number of nitrogens with one attached hydrogen (secondary N) is 1. The smallest absolute Gasteiger partial charge is 0.238 e. The minimum Gasteiger partial charge on any atom is -0.323 e. The highest BCUT2D eigenvalue weighted by molar-refractivity contribution is 5.81. The zero-order valence-corrected chi connectivity index (χ0v) is 9.12. The quantitative estimate of drug-likeness (QED) is 0.739. The molecule has 1 saturated carbocycles. The maximum atomic E-state index is 11.7. The Balaban J connectivity index is 1.95. The predicted octanol–water partition coefficient (Wildman–Crippen LogP) is 1.34. The Labute approximate surface area is 85.8 Å². The van der Waals surface area contributed by atoms with E-state index < -0.39 is 0 Å². The second kappa shape index (κ2) is 3.89. The molecule has 1 aliphatic heterocycles. The Hall–Kier alpha value is -0.570. The van der Waals surface area contributed by atoms with Crippen LogP contribution in [-0.4, -0.2) is 29.6 Å². The van der Waals surface area contributed by atoms with Crippen LogP contribution in [0.2, 0.25) is 0 Å². The van der Waals surface area contributed by atoms with E-state index in [1.807, 2.05) is 0 Å². The summed E-state index contributed by atoms with van der Waals surface area (Å²) in [5.74, 6) is 1.12. The van der Waals surface area contributed by atoms with Crippen molar-refractivity contribution in [1.29, 1.82) is 0 Å². The van der Waals surface area contributed by atoms with E-state index in [0.29, 0.717) is 24.7 Å². The van der Waals surface area contributed by atoms with Crippen molar-refractivity contribution >= 4 is 5.91 Å². The molecule has 0 bridgehead atoms. The van der Waals surface area contributed by atoms with E-state index in [-0.39, 0.29) is 0 Å². The summed E-state index contributed by atoms with van der Waals surface area (Å²) in [6.07, 6.45) is 4.96. The predicted molar refractivity (Wildman–Crippen MR) is 55.7 cm³/mol. The molecule has 0 radical (unpaired) electrons. The first-order valence-electron chi connectivity index (χ1n) is 5.77. The summed E-state index contributed by atoms with van der Waals surface area (Å²) in [4.78, 5) is 13.8. The van der Waals surface area contributed by atoms with Crippen LogP contribution in [0.3, 0.4) is 0 Å². The molecule has 1 heterocycles. The van der Waals surface area contributed by atoms with E-state index in [2.05, 4.69) is 24.1 Å². The van der Waals surface area contributed by atoms with Gasteiger partial charge in [-0.05, 0) is 25.2 Å². The molecule has 80 valence electrons. The van der Waals surface area contributed by atoms with Gasteiger partial charge in [0.25, 0.3) is 0 Å². The summed E-state index contributed by atoms with van der Waals surface area (Å²) in [6, 6.07) is 0.532. The van der Waals surface area contributed by atoms with Crippen molar-refractivity contribution in [2.45, 2.75) is 51.7 Å². The first-order chi connectivity index (χ1) is 6.72. The van der Waals surface area contributed by atoms with Crippen LogP contribution < -0.4 is 5.32 Å². The van der Waals surface area contributed by atoms with Gasteiger partial charge in [0.05, 0.1) is 12.7 Å². The molecule has 3 heteroatoms. The average Bonchev–Trinajstić information content (AvgIpc) is 2.43. The number of carbonyl (C=O) groups is 1. The third-order valence-corrected chi connectivity index (χ3v) is 3.42. The molecule has 0 aromatic heterocycles. The van der Waals surface area contributed by atoms with Gasteiger partial charge in [-0.1, -0.05) is 20.3 Å². The molecule has 1 unspecified atom stereocenters. The van der Waals surface area contributed by atoms with Gasteiger partial charge in [-0.25, -0.2) is 0 Å². The zero-order chi connectivity index (χ0) is 10.1. The van der Waals surface area contributed by atoms with Gasteiger partial charge in [0.2, 0.25) is 5.91 Å². The number of hydrogen-bond donors (Lipinski definition) is 1. The van der Waals surface area contributed by atoms with Gasteiger partial charge < -0.3 is 4.90 Å². The van der Waals surface area contributed by atoms with E-state index in [1.165, 1.54) is 12.8 Å². The first-order valence-corrected chi connectivity index (χ1v) is 5.77. The van der Waals surface area contributed by atoms with Crippen LogP contribution in [0, 0.1) is 5.92 Å². The van der Waals surface area contributed by atoms with Crippen LogP contribution in [0.25, 0.3) is 0 Å². The standard InChI is InChI=1S/C11H20N2O/c1-3-4-10-12-7-11(14)13(10)9-5-8(2)6-9/h8-10,12H,3-7H2,1-2H3. The number of hydrogen-bond acceptors (Lipinski definition) is 2. The van der Waals surface area contributed by atoms with Gasteiger partial charge in [0, 0.05) is 6.04 Å². The second-order valence-corrected chi connectivity index (χ2v) is 4.72. The third-order valence-electron chi connectivity index (χ3n) is 3.42. The van der Waals surface area contributed by atoms with E-state index in [4.69, 9.17) is 0 Å². The summed E-state index contributed by atoms with van der Waals surface area (Å²) in [5, 5.41) is 3.30. The highest BCUT2D eigenvalue weighted by atomic mass is 16.2. The molecular formula is C11H20N2O. The molecule has 1 amide bonds. The summed E-state index contributed by atoms with van der Waals surface area (Å²) >= 11 is 0. The summed E-state index contributed by atoms with van der Waals surface area (Å²) in [7, 11) is 0. The van der Waals surface area contributed by atoms with Crippen molar-refractivity contribution in [2.24, 2.45) is 5.92 Å². The molecule has 2 aliphatic rings. The monoisotopic (exact) mass is 196 g/mol. The molecule has 0 aromatic rings. The Kier molecular flexibility index (Phi) is 2.77. The third kappa shape index (κ3) is 1.65. The largest absolute Gasteiger partial charge is 0.323 e. The number of nitrogens with zero attached hydrogens (tertiary/aromatic N) is 1. The molecule has 1 saturated heterocycles. The summed E-state index contributed by atoms with van der Waals surface area (Å²) in [5.41, 5.74) is 0. The zero-order valence-electron chi connectivity index (χ0n) is 9.12. The van der Waals surface area contributed by atoms with Gasteiger partial charge in [-0.3, -0.25) is 10.1 Å². The lowest BCUT2D eigenvalue weighted by atomic mass is 9.80. The fraction of sp³-hybridized carbons (Fsp3) is 0.909. The SMILES string of the molecule is CCCC1NCC(=O)N1C1CC(C)C1. The molecular weight excluding hydrogens is 176 g/mol. The number of amides is 1. The Morgan fingerprint density at radius 3 is 2.79 bits per heavy atom. The highest BCUT2D eigenvalue weighted by Gasteiger charge is 2.40. The van der Waals surface area contributed by atoms with Crippen molar-refractivity contribution in [3.05, 3.63) is 0 Å². The normalized spacial score (nSPS) is 37.4. The van der Waals surface area contributed by atoms with Crippen LogP contribution in [0.5, 0.6) is 0 Å². The fourth-order valence-corrected chi connectivity index (χ4v) is 2.63. The summed E-state index contributed by atoms with van der Waals surface area (Å²) in [6.45, 7) is 4.99. The Bertz CT molecular complexity index is 223.